The molecule has 2 unspecified atom stereocenters. The highest BCUT2D eigenvalue weighted by Gasteiger charge is 2.42. The largest absolute Gasteiger partial charge is 0.396 e. The molecule has 6 nitrogen and oxygen atoms in total. The van der Waals surface area contributed by atoms with E-state index in [1.807, 2.05) is 26.0 Å². The van der Waals surface area contributed by atoms with Crippen molar-refractivity contribution in [2.45, 2.75) is 49.4 Å². The number of aromatic nitrogens is 2. The molecule has 4 N–H and O–H groups in total. The minimum Gasteiger partial charge on any atom is -0.396 e. The fraction of sp³-hybridized carbons (Fsp3) is 0.409. The number of nitrogen functional groups attached to an aromatic ring is 1. The highest BCUT2D eigenvalue weighted by atomic mass is 32.2. The number of nitrogens with zero attached hydrogens (tertiary/aromatic N) is 1. The molecule has 0 saturated heterocycles. The number of aliphatic hydroxyl groups is 1. The Labute approximate surface area is 175 Å². The minimum absolute atomic E-state index is 0.0106. The van der Waals surface area contributed by atoms with Gasteiger partial charge in [0.05, 0.1) is 15.7 Å². The Morgan fingerprint density at radius 3 is 2.63 bits per heavy atom. The van der Waals surface area contributed by atoms with Crippen LogP contribution in [0.2, 0.25) is 0 Å². The lowest BCUT2D eigenvalue weighted by Crippen LogP contribution is -2.26. The van der Waals surface area contributed by atoms with Gasteiger partial charge in [0.15, 0.2) is 15.7 Å². The van der Waals surface area contributed by atoms with Crippen molar-refractivity contribution in [2.24, 2.45) is 5.92 Å². The summed E-state index contributed by atoms with van der Waals surface area (Å²) in [6.45, 7) is 3.70. The highest BCUT2D eigenvalue weighted by Crippen LogP contribution is 2.39. The van der Waals surface area contributed by atoms with Gasteiger partial charge in [-0.2, -0.15) is 5.10 Å². The molecule has 1 heterocycles. The van der Waals surface area contributed by atoms with Crippen LogP contribution in [0.3, 0.4) is 0 Å². The van der Waals surface area contributed by atoms with Crippen molar-refractivity contribution in [3.05, 3.63) is 41.5 Å². The number of aromatic amines is 1. The number of anilines is 1. The molecule has 0 spiro atoms. The quantitative estimate of drug-likeness (QED) is 0.571. The van der Waals surface area contributed by atoms with E-state index in [1.165, 1.54) is 0 Å². The van der Waals surface area contributed by atoms with Gasteiger partial charge in [0.2, 0.25) is 0 Å². The molecule has 1 aliphatic carbocycles. The Hall–Kier alpha value is -2.45. The standard InChI is InChI=1S/C22H26FN3O3S/c1-12-9-16(30(28,29)20-11-15(23)10-14(20)7-8-27)3-4-17(12)18-5-6-19-21(13(18)2)22(24)26-25-19/h3-6,9,14-15,20,27H,7-8,10-11H2,1-2H3,(H3,24,25,26)/t14-,15?,20?/m1/s1. The van der Waals surface area contributed by atoms with Crippen LogP contribution in [0.4, 0.5) is 10.2 Å². The Morgan fingerprint density at radius 1 is 1.20 bits per heavy atom. The molecule has 3 atom stereocenters. The summed E-state index contributed by atoms with van der Waals surface area (Å²) in [5, 5.41) is 16.3. The number of aliphatic hydroxyl groups excluding tert-OH is 1. The topological polar surface area (TPSA) is 109 Å². The zero-order chi connectivity index (χ0) is 21.6. The molecular weight excluding hydrogens is 405 g/mol. The van der Waals surface area contributed by atoms with Gasteiger partial charge in [-0.05, 0) is 79.5 Å². The third-order valence-corrected chi connectivity index (χ3v) is 8.59. The van der Waals surface area contributed by atoms with Crippen LogP contribution in [0.1, 0.15) is 30.4 Å². The van der Waals surface area contributed by atoms with Crippen LogP contribution in [0.25, 0.3) is 22.0 Å². The van der Waals surface area contributed by atoms with Crippen molar-refractivity contribution in [1.82, 2.24) is 10.2 Å². The van der Waals surface area contributed by atoms with Crippen LogP contribution >= 0.6 is 0 Å². The molecule has 0 bridgehead atoms. The first-order valence-electron chi connectivity index (χ1n) is 10.1. The number of halogens is 1. The second-order valence-corrected chi connectivity index (χ2v) is 10.3. The Morgan fingerprint density at radius 2 is 1.93 bits per heavy atom. The van der Waals surface area contributed by atoms with Gasteiger partial charge in [-0.1, -0.05) is 12.1 Å². The maximum Gasteiger partial charge on any atom is 0.181 e. The summed E-state index contributed by atoms with van der Waals surface area (Å²) in [6.07, 6.45) is -0.667. The average Bonchev–Trinajstić information content (AvgIpc) is 3.26. The van der Waals surface area contributed by atoms with Gasteiger partial charge in [0, 0.05) is 12.0 Å². The highest BCUT2D eigenvalue weighted by molar-refractivity contribution is 7.92. The normalized spacial score (nSPS) is 22.1. The van der Waals surface area contributed by atoms with Gasteiger partial charge in [-0.25, -0.2) is 12.8 Å². The third kappa shape index (κ3) is 3.37. The number of sulfone groups is 1. The second-order valence-electron chi connectivity index (χ2n) is 8.17. The molecule has 1 aliphatic rings. The van der Waals surface area contributed by atoms with Crippen LogP contribution in [-0.2, 0) is 9.84 Å². The lowest BCUT2D eigenvalue weighted by atomic mass is 9.94. The average molecular weight is 432 g/mol. The third-order valence-electron chi connectivity index (χ3n) is 6.31. The monoisotopic (exact) mass is 431 g/mol. The van der Waals surface area contributed by atoms with Crippen molar-refractivity contribution in [3.63, 3.8) is 0 Å². The summed E-state index contributed by atoms with van der Waals surface area (Å²) in [5.74, 6) is 0.0711. The van der Waals surface area contributed by atoms with E-state index >= 15 is 0 Å². The number of hydrogen-bond acceptors (Lipinski definition) is 5. The molecule has 1 saturated carbocycles. The lowest BCUT2D eigenvalue weighted by Gasteiger charge is -2.20. The van der Waals surface area contributed by atoms with E-state index in [-0.39, 0.29) is 30.3 Å². The van der Waals surface area contributed by atoms with Crippen molar-refractivity contribution in [3.8, 4) is 11.1 Å². The Kier molecular flexibility index (Phi) is 5.32. The molecule has 2 aromatic carbocycles. The predicted octanol–water partition coefficient (Wildman–Crippen LogP) is 3.70. The first-order valence-corrected chi connectivity index (χ1v) is 11.6. The molecule has 8 heteroatoms. The maximum absolute atomic E-state index is 14.0. The minimum atomic E-state index is -3.69. The van der Waals surface area contributed by atoms with Crippen LogP contribution in [0, 0.1) is 19.8 Å². The van der Waals surface area contributed by atoms with Crippen LogP contribution in [0.5, 0.6) is 0 Å². The molecule has 0 aliphatic heterocycles. The number of nitrogens with two attached hydrogens (primary N) is 1. The van der Waals surface area contributed by atoms with E-state index in [9.17, 15) is 17.9 Å². The van der Waals surface area contributed by atoms with Crippen LogP contribution in [0.15, 0.2) is 35.2 Å². The van der Waals surface area contributed by atoms with Gasteiger partial charge >= 0.3 is 0 Å². The number of nitrogens with one attached hydrogen (secondary N) is 1. The first kappa shape index (κ1) is 20.8. The number of rotatable bonds is 5. The summed E-state index contributed by atoms with van der Waals surface area (Å²) >= 11 is 0. The Balaban J connectivity index is 1.74. The fourth-order valence-corrected chi connectivity index (χ4v) is 6.93. The second kappa shape index (κ2) is 7.67. The van der Waals surface area contributed by atoms with Gasteiger partial charge in [-0.3, -0.25) is 5.10 Å². The smallest absolute Gasteiger partial charge is 0.181 e. The zero-order valence-electron chi connectivity index (χ0n) is 17.0. The number of aryl methyl sites for hydroxylation is 2. The van der Waals surface area contributed by atoms with E-state index in [1.54, 1.807) is 18.2 Å². The number of hydrogen-bond donors (Lipinski definition) is 3. The molecule has 0 amide bonds. The molecule has 30 heavy (non-hydrogen) atoms. The van der Waals surface area contributed by atoms with Crippen molar-refractivity contribution in [2.75, 3.05) is 12.3 Å². The number of fused-ring (bicyclic) bond motifs is 1. The van der Waals surface area contributed by atoms with E-state index in [0.717, 1.165) is 33.2 Å². The van der Waals surface area contributed by atoms with Crippen molar-refractivity contribution < 1.29 is 17.9 Å². The molecule has 1 aromatic heterocycles. The maximum atomic E-state index is 14.0. The van der Waals surface area contributed by atoms with Crippen molar-refractivity contribution >= 4 is 26.6 Å². The fourth-order valence-electron chi connectivity index (χ4n) is 4.76. The van der Waals surface area contributed by atoms with Gasteiger partial charge in [0.25, 0.3) is 0 Å². The summed E-state index contributed by atoms with van der Waals surface area (Å²) in [4.78, 5) is 0.201. The Bertz CT molecular complexity index is 1210. The predicted molar refractivity (Wildman–Crippen MR) is 116 cm³/mol. The number of H-pyrrole nitrogens is 1. The molecular formula is C22H26FN3O3S. The molecule has 4 rings (SSSR count). The molecule has 3 aromatic rings. The summed E-state index contributed by atoms with van der Waals surface area (Å²) in [5.41, 5.74) is 10.5. The first-order chi connectivity index (χ1) is 14.2. The molecule has 0 radical (unpaired) electrons. The van der Waals surface area contributed by atoms with Gasteiger partial charge < -0.3 is 10.8 Å². The van der Waals surface area contributed by atoms with Crippen molar-refractivity contribution in [1.29, 1.82) is 0 Å². The number of benzene rings is 2. The summed E-state index contributed by atoms with van der Waals surface area (Å²) in [7, 11) is -3.69. The summed E-state index contributed by atoms with van der Waals surface area (Å²) < 4.78 is 40.5. The van der Waals surface area contributed by atoms with E-state index in [0.29, 0.717) is 12.2 Å². The van der Waals surface area contributed by atoms with Crippen LogP contribution in [-0.4, -0.2) is 41.8 Å². The zero-order valence-corrected chi connectivity index (χ0v) is 17.8. The lowest BCUT2D eigenvalue weighted by molar-refractivity contribution is 0.251. The molecule has 160 valence electrons. The molecule has 1 fully saturated rings. The van der Waals surface area contributed by atoms with Gasteiger partial charge in [-0.15, -0.1) is 0 Å². The number of alkyl halides is 1. The summed E-state index contributed by atoms with van der Waals surface area (Å²) in [6, 6.07) is 8.93. The van der Waals surface area contributed by atoms with E-state index in [2.05, 4.69) is 10.2 Å². The van der Waals surface area contributed by atoms with Crippen LogP contribution < -0.4 is 5.73 Å². The van der Waals surface area contributed by atoms with Gasteiger partial charge in [0.1, 0.15) is 6.17 Å². The van der Waals surface area contributed by atoms with E-state index in [4.69, 9.17) is 5.73 Å². The van der Waals surface area contributed by atoms with E-state index < -0.39 is 21.3 Å². The SMILES string of the molecule is Cc1cc(S(=O)(=O)C2CC(F)C[C@H]2CCO)ccc1-c1ccc2[nH]nc(N)c2c1C.